The first kappa shape index (κ1) is 65.5. The molecule has 0 spiro atoms. The number of rotatable bonds is 0. The molecule has 1 N–H and O–H groups in total. The second-order valence-corrected chi connectivity index (χ2v) is 22.4. The molecule has 15 nitrogen and oxygen atoms in total. The normalized spacial score (nSPS) is 10.4. The highest BCUT2D eigenvalue weighted by molar-refractivity contribution is 6.07. The van der Waals surface area contributed by atoms with Gasteiger partial charge in [-0.15, -0.1) is 0 Å². The minimum absolute atomic E-state index is 0.810. The molecule has 0 saturated carbocycles. The molecule has 21 rings (SSSR count). The predicted molar refractivity (Wildman–Crippen MR) is 412 cm³/mol. The summed E-state index contributed by atoms with van der Waals surface area (Å²) in [5.41, 5.74) is 13.0. The first-order valence-corrected chi connectivity index (χ1v) is 32.5. The average molecular weight is 1310 g/mol. The van der Waals surface area contributed by atoms with Gasteiger partial charge in [0.25, 0.3) is 0 Å². The number of benzene rings is 11. The second-order valence-electron chi connectivity index (χ2n) is 22.4. The molecular weight excluding hydrogens is 1240 g/mol. The van der Waals surface area contributed by atoms with E-state index in [2.05, 4.69) is 154 Å². The van der Waals surface area contributed by atoms with Gasteiger partial charge < -0.3 is 4.98 Å². The first-order valence-electron chi connectivity index (χ1n) is 32.5. The van der Waals surface area contributed by atoms with Gasteiger partial charge in [-0.2, -0.15) is 20.4 Å². The third kappa shape index (κ3) is 17.8. The lowest BCUT2D eigenvalue weighted by atomic mass is 10.1. The Morgan fingerprint density at radius 1 is 0.208 bits per heavy atom. The van der Waals surface area contributed by atoms with Gasteiger partial charge in [-0.1, -0.05) is 194 Å². The minimum atomic E-state index is 0.810. The van der Waals surface area contributed by atoms with E-state index in [0.717, 1.165) is 87.7 Å². The number of para-hydroxylation sites is 11. The molecule has 11 aromatic carbocycles. The van der Waals surface area contributed by atoms with Gasteiger partial charge in [-0.25, -0.2) is 34.9 Å². The van der Waals surface area contributed by atoms with Crippen LogP contribution < -0.4 is 0 Å². The zero-order chi connectivity index (χ0) is 68.3. The number of hydrogen-bond donors (Lipinski definition) is 1. The van der Waals surface area contributed by atoms with Crippen LogP contribution in [0.4, 0.5) is 0 Å². The summed E-state index contributed by atoms with van der Waals surface area (Å²) >= 11 is 0. The van der Waals surface area contributed by atoms with E-state index in [4.69, 9.17) is 0 Å². The molecule has 0 aliphatic carbocycles. The van der Waals surface area contributed by atoms with Crippen molar-refractivity contribution in [3.63, 3.8) is 0 Å². The number of nitrogens with zero attached hydrogens (tertiary/aromatic N) is 14. The standard InChI is InChI=1S/C13H9N.C12H8N2.C12H9N.C9H7N.5C8H6N2/c1-3-7-12-10(5-1)9-11-6-2-4-8-13(11)14-12;1-2-6-10-9(5-1)13-11-7-3-4-8-12(11)14-10;1-3-7-11-9(5-1)10-6-2-4-8-12(10)13-11;1-2-4-9-7-10-6-5-8(9)3-1;1-3-7-4-2-6-10-8(7)9-5-1;1-2-4-8-7(3-1)5-9-6-10-8;1-2-4-8-6-10-9-5-7(8)3-1;1-2-4-8-7(3-1)9-5-6-10-8;1-2-4-8-7(3-1)5-6-9-10-8/h1-9H;1-8H;1-8,13H;1-7H;5*1-6H. The van der Waals surface area contributed by atoms with E-state index in [1.807, 2.05) is 249 Å². The van der Waals surface area contributed by atoms with Gasteiger partial charge in [0.2, 0.25) is 0 Å². The van der Waals surface area contributed by atoms with E-state index >= 15 is 0 Å². The molecule has 0 radical (unpaired) electrons. The molecule has 0 unspecified atom stereocenters. The van der Waals surface area contributed by atoms with Gasteiger partial charge in [-0.3, -0.25) is 15.0 Å². The molecule has 10 aromatic heterocycles. The molecule has 0 aliphatic heterocycles. The number of aromatic nitrogens is 15. The number of H-pyrrole nitrogens is 1. The lowest BCUT2D eigenvalue weighted by Gasteiger charge is -1.99. The van der Waals surface area contributed by atoms with Crippen LogP contribution in [0.25, 0.3) is 131 Å². The summed E-state index contributed by atoms with van der Waals surface area (Å²) < 4.78 is 0. The Bertz CT molecular complexity index is 4880. The molecule has 15 heteroatoms. The zero-order valence-corrected chi connectivity index (χ0v) is 54.6. The molecule has 482 valence electrons. The Labute approximate surface area is 580 Å². The Morgan fingerprint density at radius 3 is 1.10 bits per heavy atom. The molecule has 0 fully saturated rings. The lowest BCUT2D eigenvalue weighted by Crippen LogP contribution is -1.85. The maximum absolute atomic E-state index is 4.58. The van der Waals surface area contributed by atoms with E-state index in [0.29, 0.717) is 0 Å². The molecule has 0 saturated heterocycles. The molecule has 21 aromatic rings. The van der Waals surface area contributed by atoms with Gasteiger partial charge in [-0.05, 0) is 126 Å². The molecule has 101 heavy (non-hydrogen) atoms. The van der Waals surface area contributed by atoms with Crippen molar-refractivity contribution in [3.8, 4) is 0 Å². The van der Waals surface area contributed by atoms with Crippen molar-refractivity contribution in [1.29, 1.82) is 0 Å². The van der Waals surface area contributed by atoms with E-state index in [9.17, 15) is 0 Å². The van der Waals surface area contributed by atoms with Crippen molar-refractivity contribution < 1.29 is 0 Å². The Hall–Kier alpha value is -14.2. The van der Waals surface area contributed by atoms with Crippen molar-refractivity contribution in [2.24, 2.45) is 0 Å². The highest BCUT2D eigenvalue weighted by Crippen LogP contribution is 2.25. The molecule has 10 heterocycles. The second kappa shape index (κ2) is 34.0. The largest absolute Gasteiger partial charge is 0.355 e. The van der Waals surface area contributed by atoms with Crippen LogP contribution in [-0.2, 0) is 0 Å². The third-order valence-corrected chi connectivity index (χ3v) is 15.7. The van der Waals surface area contributed by atoms with E-state index < -0.39 is 0 Å². The summed E-state index contributed by atoms with van der Waals surface area (Å²) in [7, 11) is 0. The van der Waals surface area contributed by atoms with Crippen LogP contribution in [0.1, 0.15) is 0 Å². The fourth-order valence-corrected chi connectivity index (χ4v) is 10.7. The minimum Gasteiger partial charge on any atom is -0.355 e. The molecule has 0 atom stereocenters. The maximum atomic E-state index is 4.58. The zero-order valence-electron chi connectivity index (χ0n) is 54.6. The van der Waals surface area contributed by atoms with Gasteiger partial charge in [0, 0.05) is 103 Å². The quantitative estimate of drug-likeness (QED) is 0.141. The van der Waals surface area contributed by atoms with Crippen LogP contribution in [0.15, 0.2) is 378 Å². The summed E-state index contributed by atoms with van der Waals surface area (Å²) in [6, 6.07) is 103. The van der Waals surface area contributed by atoms with Crippen LogP contribution in [0.2, 0.25) is 0 Å². The van der Waals surface area contributed by atoms with Crippen LogP contribution >= 0.6 is 0 Å². The number of pyridine rings is 4. The number of fused-ring (bicyclic) bond motifs is 13. The topological polar surface area (TPSA) is 196 Å². The summed E-state index contributed by atoms with van der Waals surface area (Å²) in [5.74, 6) is 0. The summed E-state index contributed by atoms with van der Waals surface area (Å²) in [6.07, 6.45) is 19.1. The van der Waals surface area contributed by atoms with Gasteiger partial charge in [0.15, 0.2) is 5.65 Å². The summed E-state index contributed by atoms with van der Waals surface area (Å²) in [6.45, 7) is 0. The number of hydrogen-bond acceptors (Lipinski definition) is 14. The summed E-state index contributed by atoms with van der Waals surface area (Å²) in [4.78, 5) is 45.3. The van der Waals surface area contributed by atoms with Gasteiger partial charge in [0.05, 0.1) is 73.8 Å². The smallest absolute Gasteiger partial charge is 0.159 e. The summed E-state index contributed by atoms with van der Waals surface area (Å²) in [5, 5.41) is 28.3. The van der Waals surface area contributed by atoms with Crippen LogP contribution in [-0.4, -0.2) is 75.2 Å². The fraction of sp³-hybridized carbons (Fsp3) is 0. The number of aromatic amines is 1. The Kier molecular flexibility index (Phi) is 22.0. The van der Waals surface area contributed by atoms with Crippen LogP contribution in [0.5, 0.6) is 0 Å². The predicted octanol–water partition coefficient (Wildman–Crippen LogP) is 19.9. The monoisotopic (exact) mass is 1310 g/mol. The van der Waals surface area contributed by atoms with Crippen LogP contribution in [0.3, 0.4) is 0 Å². The SMILES string of the molecule is c1ccc2c(c1)[nH]c1ccccc12.c1ccc2cnccc2c1.c1ccc2cnncc2c1.c1ccc2nc3ccccc3cc2c1.c1ccc2nc3ccccc3nc2c1.c1ccc2nccnc2c1.c1ccc2ncncc2c1.c1ccc2nnccc2c1.c1cnc2ncccc2c1. The Morgan fingerprint density at radius 2 is 0.594 bits per heavy atom. The lowest BCUT2D eigenvalue weighted by molar-refractivity contribution is 1.05. The van der Waals surface area contributed by atoms with Gasteiger partial charge >= 0.3 is 0 Å². The number of nitrogens with one attached hydrogen (secondary N) is 1. The maximum Gasteiger partial charge on any atom is 0.159 e. The van der Waals surface area contributed by atoms with E-state index in [-0.39, 0.29) is 0 Å². The van der Waals surface area contributed by atoms with E-state index in [1.165, 1.54) is 43.4 Å². The first-order chi connectivity index (χ1) is 50.1. The van der Waals surface area contributed by atoms with Gasteiger partial charge in [0.1, 0.15) is 6.33 Å². The van der Waals surface area contributed by atoms with Crippen molar-refractivity contribution in [2.45, 2.75) is 0 Å². The van der Waals surface area contributed by atoms with Crippen molar-refractivity contribution >= 4 is 131 Å². The average Bonchev–Trinajstić information content (AvgIpc) is 1.77. The van der Waals surface area contributed by atoms with Crippen LogP contribution in [0, 0.1) is 0 Å². The van der Waals surface area contributed by atoms with E-state index in [1.54, 1.807) is 49.7 Å². The van der Waals surface area contributed by atoms with Crippen molar-refractivity contribution in [1.82, 2.24) is 75.2 Å². The van der Waals surface area contributed by atoms with Crippen molar-refractivity contribution in [2.75, 3.05) is 0 Å². The molecular formula is C86H63N15. The molecule has 0 aliphatic rings. The molecule has 0 amide bonds. The van der Waals surface area contributed by atoms with Crippen molar-refractivity contribution in [3.05, 3.63) is 378 Å². The fourth-order valence-electron chi connectivity index (χ4n) is 10.7. The highest BCUT2D eigenvalue weighted by Gasteiger charge is 2.02. The molecule has 0 bridgehead atoms. The highest BCUT2D eigenvalue weighted by atomic mass is 15.1. The Balaban J connectivity index is 0.000000102. The third-order valence-electron chi connectivity index (χ3n) is 15.7.